The third kappa shape index (κ3) is 5.41. The number of nitrogens with one attached hydrogen (secondary N) is 4. The average Bonchev–Trinajstić information content (AvgIpc) is 3.77. The minimum atomic E-state index is -0.223. The van der Waals surface area contributed by atoms with Gasteiger partial charge in [-0.05, 0) is 78.2 Å². The van der Waals surface area contributed by atoms with E-state index in [-0.39, 0.29) is 28.4 Å². The minimum Gasteiger partial charge on any atom is -0.342 e. The number of carbonyl (C=O) groups excluding carboxylic acids is 2. The topological polar surface area (TPSA) is 154 Å². The van der Waals surface area contributed by atoms with Crippen molar-refractivity contribution in [3.05, 3.63) is 68.8 Å². The minimum absolute atomic E-state index is 0.0445. The molecule has 0 amide bonds. The molecular formula is C38H46N8O3. The third-order valence-electron chi connectivity index (χ3n) is 11.3. The zero-order valence-corrected chi connectivity index (χ0v) is 29.3. The molecule has 49 heavy (non-hydrogen) atoms. The number of anilines is 2. The average molecular weight is 663 g/mol. The van der Waals surface area contributed by atoms with E-state index in [0.717, 1.165) is 69.5 Å². The van der Waals surface area contributed by atoms with Crippen molar-refractivity contribution in [3.63, 3.8) is 0 Å². The normalized spacial score (nSPS) is 24.3. The van der Waals surface area contributed by atoms with Crippen LogP contribution < -0.4 is 10.6 Å². The van der Waals surface area contributed by atoms with Gasteiger partial charge in [-0.15, -0.1) is 0 Å². The number of fused-ring (bicyclic) bond motifs is 3. The Labute approximate surface area is 286 Å². The van der Waals surface area contributed by atoms with Gasteiger partial charge >= 0.3 is 0 Å². The molecule has 5 heterocycles. The van der Waals surface area contributed by atoms with E-state index in [9.17, 15) is 9.59 Å². The summed E-state index contributed by atoms with van der Waals surface area (Å²) < 4.78 is 4.95. The number of aromatic amines is 2. The SMILES string of the molecule is Cc1[nH]nc2c1C(C1CCCCC1)C1=C(CC(C)(C)CC1=O)N2.Cc1[nH]nc2c1C(c1cccc3nonc13)C1=C(CC(C)(C)CC1=O)N2. The third-order valence-corrected chi connectivity index (χ3v) is 11.3. The van der Waals surface area contributed by atoms with Gasteiger partial charge in [-0.3, -0.25) is 19.8 Å². The van der Waals surface area contributed by atoms with Crippen LogP contribution in [0.4, 0.5) is 11.6 Å². The maximum absolute atomic E-state index is 13.2. The molecule has 2 atom stereocenters. The van der Waals surface area contributed by atoms with Crippen molar-refractivity contribution in [3.8, 4) is 0 Å². The number of carbonyl (C=O) groups is 2. The largest absolute Gasteiger partial charge is 0.342 e. The summed E-state index contributed by atoms with van der Waals surface area (Å²) in [5.74, 6) is 2.89. The molecule has 5 aliphatic rings. The molecule has 11 nitrogen and oxygen atoms in total. The lowest BCUT2D eigenvalue weighted by Gasteiger charge is -2.41. The maximum atomic E-state index is 13.2. The summed E-state index contributed by atoms with van der Waals surface area (Å²) in [4.78, 5) is 26.2. The number of allylic oxidation sites excluding steroid dienone is 4. The van der Waals surface area contributed by atoms with Gasteiger partial charge in [0.2, 0.25) is 0 Å². The Morgan fingerprint density at radius 3 is 2.00 bits per heavy atom. The van der Waals surface area contributed by atoms with Crippen LogP contribution in [-0.4, -0.2) is 42.3 Å². The van der Waals surface area contributed by atoms with E-state index in [1.165, 1.54) is 37.7 Å². The highest BCUT2D eigenvalue weighted by atomic mass is 16.6. The molecule has 4 N–H and O–H groups in total. The standard InChI is InChI=1S/C19H19N5O2.C19H27N3O/c1-9-14-15(10-5-4-6-11-17(10)24-26-23-11)16-12(20-18(14)22-21-9)7-19(2,3)8-13(16)25;1-11-15-16(12-7-5-4-6-8-12)17-13(20-18(15)22-21-11)9-19(2,3)10-14(17)23/h4-6,15H,7-8H2,1-3H3,(H2,20,21,22);12,16H,4-10H2,1-3H3,(H2,20,21,22). The second-order valence-corrected chi connectivity index (χ2v) is 16.4. The van der Waals surface area contributed by atoms with Gasteiger partial charge in [-0.1, -0.05) is 59.1 Å². The molecule has 0 saturated heterocycles. The van der Waals surface area contributed by atoms with Crippen LogP contribution in [0.1, 0.15) is 125 Å². The first-order valence-corrected chi connectivity index (χ1v) is 17.8. The Bertz CT molecular complexity index is 2050. The predicted molar refractivity (Wildman–Crippen MR) is 187 cm³/mol. The number of aryl methyl sites for hydroxylation is 2. The van der Waals surface area contributed by atoms with E-state index >= 15 is 0 Å². The second kappa shape index (κ2) is 11.5. The lowest BCUT2D eigenvalue weighted by molar-refractivity contribution is -0.119. The molecule has 1 saturated carbocycles. The van der Waals surface area contributed by atoms with Crippen LogP contribution in [0, 0.1) is 30.6 Å². The van der Waals surface area contributed by atoms with Gasteiger partial charge in [0, 0.05) is 69.7 Å². The van der Waals surface area contributed by atoms with Crippen LogP contribution in [0.2, 0.25) is 0 Å². The number of aromatic nitrogens is 6. The molecule has 1 fully saturated rings. The zero-order chi connectivity index (χ0) is 34.2. The lowest BCUT2D eigenvalue weighted by atomic mass is 9.65. The zero-order valence-electron chi connectivity index (χ0n) is 29.3. The van der Waals surface area contributed by atoms with Crippen molar-refractivity contribution in [1.82, 2.24) is 30.7 Å². The van der Waals surface area contributed by atoms with E-state index in [1.54, 1.807) is 0 Å². The van der Waals surface area contributed by atoms with Crippen molar-refractivity contribution in [1.29, 1.82) is 0 Å². The molecule has 0 radical (unpaired) electrons. The molecule has 11 heteroatoms. The molecule has 256 valence electrons. The number of nitrogens with zero attached hydrogens (tertiary/aromatic N) is 4. The summed E-state index contributed by atoms with van der Waals surface area (Å²) in [5.41, 5.74) is 10.6. The second-order valence-electron chi connectivity index (χ2n) is 16.4. The highest BCUT2D eigenvalue weighted by molar-refractivity contribution is 6.02. The summed E-state index contributed by atoms with van der Waals surface area (Å²) in [6.45, 7) is 12.7. The number of rotatable bonds is 2. The van der Waals surface area contributed by atoms with Crippen molar-refractivity contribution in [2.45, 2.75) is 111 Å². The number of hydrogen-bond donors (Lipinski definition) is 4. The molecule has 1 aromatic carbocycles. The fraction of sp³-hybridized carbons (Fsp3) is 0.526. The van der Waals surface area contributed by atoms with E-state index in [2.05, 4.69) is 76.0 Å². The molecule has 0 bridgehead atoms. The van der Waals surface area contributed by atoms with Crippen LogP contribution in [0.3, 0.4) is 0 Å². The predicted octanol–water partition coefficient (Wildman–Crippen LogP) is 7.91. The van der Waals surface area contributed by atoms with E-state index in [4.69, 9.17) is 4.63 Å². The Morgan fingerprint density at radius 1 is 0.735 bits per heavy atom. The number of Topliss-reactive ketones (excluding diaryl/α,β-unsaturated/α-hetero) is 2. The maximum Gasteiger partial charge on any atom is 0.162 e. The first kappa shape index (κ1) is 31.7. The first-order valence-electron chi connectivity index (χ1n) is 17.8. The van der Waals surface area contributed by atoms with Crippen molar-refractivity contribution in [2.24, 2.45) is 16.7 Å². The summed E-state index contributed by atoms with van der Waals surface area (Å²) in [6.07, 6.45) is 9.36. The highest BCUT2D eigenvalue weighted by Gasteiger charge is 2.45. The van der Waals surface area contributed by atoms with Gasteiger partial charge in [0.05, 0.1) is 0 Å². The Morgan fingerprint density at radius 2 is 1.33 bits per heavy atom. The van der Waals surface area contributed by atoms with E-state index in [1.807, 2.05) is 25.1 Å². The van der Waals surface area contributed by atoms with Crippen LogP contribution in [0.25, 0.3) is 11.0 Å². The lowest BCUT2D eigenvalue weighted by Crippen LogP contribution is -2.36. The van der Waals surface area contributed by atoms with Crippen molar-refractivity contribution in [2.75, 3.05) is 10.6 Å². The fourth-order valence-corrected chi connectivity index (χ4v) is 9.27. The molecule has 4 aromatic rings. The highest BCUT2D eigenvalue weighted by Crippen LogP contribution is 2.53. The molecule has 3 aliphatic carbocycles. The van der Waals surface area contributed by atoms with E-state index in [0.29, 0.717) is 35.6 Å². The van der Waals surface area contributed by atoms with Crippen molar-refractivity contribution >= 4 is 34.2 Å². The van der Waals surface area contributed by atoms with Crippen LogP contribution in [0.5, 0.6) is 0 Å². The number of benzene rings is 1. The summed E-state index contributed by atoms with van der Waals surface area (Å²) in [6, 6.07) is 5.79. The van der Waals surface area contributed by atoms with Crippen LogP contribution in [0.15, 0.2) is 45.4 Å². The molecule has 0 spiro atoms. The van der Waals surface area contributed by atoms with Gasteiger partial charge in [-0.2, -0.15) is 10.2 Å². The smallest absolute Gasteiger partial charge is 0.162 e. The van der Waals surface area contributed by atoms with Crippen molar-refractivity contribution < 1.29 is 14.2 Å². The number of H-pyrrole nitrogens is 2. The molecular weight excluding hydrogens is 616 g/mol. The summed E-state index contributed by atoms with van der Waals surface area (Å²) in [7, 11) is 0. The molecule has 9 rings (SSSR count). The van der Waals surface area contributed by atoms with Crippen LogP contribution in [-0.2, 0) is 9.59 Å². The Hall–Kier alpha value is -4.54. The Kier molecular flexibility index (Phi) is 7.46. The monoisotopic (exact) mass is 662 g/mol. The molecule has 3 aromatic heterocycles. The van der Waals surface area contributed by atoms with Crippen LogP contribution >= 0.6 is 0 Å². The van der Waals surface area contributed by atoms with Gasteiger partial charge in [0.1, 0.15) is 11.0 Å². The van der Waals surface area contributed by atoms with E-state index < -0.39 is 0 Å². The number of ketones is 2. The summed E-state index contributed by atoms with van der Waals surface area (Å²) in [5, 5.41) is 30.1. The molecule has 2 unspecified atom stereocenters. The number of hydrogen-bond acceptors (Lipinski definition) is 9. The summed E-state index contributed by atoms with van der Waals surface area (Å²) >= 11 is 0. The van der Waals surface area contributed by atoms with Gasteiger partial charge in [0.25, 0.3) is 0 Å². The van der Waals surface area contributed by atoms with Gasteiger partial charge in [-0.25, -0.2) is 4.63 Å². The van der Waals surface area contributed by atoms with Gasteiger partial charge in [0.15, 0.2) is 23.2 Å². The Balaban J connectivity index is 0.000000143. The molecule has 2 aliphatic heterocycles. The van der Waals surface area contributed by atoms with Gasteiger partial charge < -0.3 is 10.6 Å². The quantitative estimate of drug-likeness (QED) is 0.168. The first-order chi connectivity index (χ1) is 23.4. The fourth-order valence-electron chi connectivity index (χ4n) is 9.27.